The molecule has 0 saturated carbocycles. The van der Waals surface area contributed by atoms with E-state index in [9.17, 15) is 0 Å². The second-order valence-electron chi connectivity index (χ2n) is 3.29. The fraction of sp³-hybridized carbons (Fsp3) is 0.154. The Balaban J connectivity index is 2.91. The maximum absolute atomic E-state index is 4.13. The van der Waals surface area contributed by atoms with Crippen LogP contribution in [0.4, 0.5) is 0 Å². The van der Waals surface area contributed by atoms with Crippen molar-refractivity contribution < 1.29 is 0 Å². The van der Waals surface area contributed by atoms with Gasteiger partial charge in [0, 0.05) is 7.05 Å². The molecule has 0 aromatic heterocycles. The van der Waals surface area contributed by atoms with Crippen LogP contribution in [0.3, 0.4) is 0 Å². The highest BCUT2D eigenvalue weighted by Gasteiger charge is 2.03. The van der Waals surface area contributed by atoms with E-state index in [4.69, 9.17) is 0 Å². The lowest BCUT2D eigenvalue weighted by Crippen LogP contribution is -2.01. The lowest BCUT2D eigenvalue weighted by Gasteiger charge is -2.08. The maximum Gasteiger partial charge on any atom is 0.0883 e. The fourth-order valence-electron chi connectivity index (χ4n) is 1.29. The predicted molar refractivity (Wildman–Crippen MR) is 66.9 cm³/mol. The van der Waals surface area contributed by atoms with Crippen molar-refractivity contribution in [3.05, 3.63) is 54.2 Å². The van der Waals surface area contributed by atoms with E-state index in [1.807, 2.05) is 18.2 Å². The first kappa shape index (κ1) is 11.2. The minimum absolute atomic E-state index is 0.679. The zero-order valence-corrected chi connectivity index (χ0v) is 9.25. The van der Waals surface area contributed by atoms with Crippen LogP contribution in [0.15, 0.2) is 48.1 Å². The fourth-order valence-corrected chi connectivity index (χ4v) is 1.29. The molecule has 1 aromatic carbocycles. The van der Waals surface area contributed by atoms with Crippen molar-refractivity contribution in [1.82, 2.24) is 5.32 Å². The van der Waals surface area contributed by atoms with Gasteiger partial charge in [0.15, 0.2) is 0 Å². The Kier molecular flexibility index (Phi) is 3.86. The number of rotatable bonds is 4. The molecule has 1 N–H and O–H groups in total. The molecule has 0 unspecified atom stereocenters. The topological polar surface area (TPSA) is 24.4 Å². The quantitative estimate of drug-likeness (QED) is 0.451. The van der Waals surface area contributed by atoms with Gasteiger partial charge in [0.2, 0.25) is 0 Å². The predicted octanol–water partition coefficient (Wildman–Crippen LogP) is 2.77. The van der Waals surface area contributed by atoms with Gasteiger partial charge in [-0.25, -0.2) is 4.99 Å². The number of nitrogens with zero attached hydrogens (tertiary/aromatic N) is 1. The van der Waals surface area contributed by atoms with E-state index in [0.29, 0.717) is 5.70 Å². The number of benzene rings is 1. The normalized spacial score (nSPS) is 10.3. The van der Waals surface area contributed by atoms with Crippen LogP contribution in [0.5, 0.6) is 0 Å². The summed E-state index contributed by atoms with van der Waals surface area (Å²) in [7, 11) is 1.80. The molecule has 0 spiro atoms. The minimum Gasteiger partial charge on any atom is -0.379 e. The Morgan fingerprint density at radius 1 is 1.33 bits per heavy atom. The molecule has 0 heterocycles. The van der Waals surface area contributed by atoms with Gasteiger partial charge in [-0.1, -0.05) is 37.4 Å². The molecule has 0 aliphatic carbocycles. The van der Waals surface area contributed by atoms with Gasteiger partial charge in [-0.05, 0) is 23.6 Å². The molecule has 0 aliphatic heterocycles. The molecule has 15 heavy (non-hydrogen) atoms. The molecule has 1 rings (SSSR count). The molecule has 78 valence electrons. The van der Waals surface area contributed by atoms with Crippen LogP contribution in [0.2, 0.25) is 0 Å². The summed E-state index contributed by atoms with van der Waals surface area (Å²) in [5.74, 6) is 0. The van der Waals surface area contributed by atoms with Gasteiger partial charge in [0.1, 0.15) is 0 Å². The SMILES string of the molecule is C=C(/N=C\NC)C(=C)c1ccccc1C. The summed E-state index contributed by atoms with van der Waals surface area (Å²) in [5, 5.41) is 2.83. The number of allylic oxidation sites excluding steroid dienone is 1. The first-order valence-electron chi connectivity index (χ1n) is 4.80. The number of hydrogen-bond donors (Lipinski definition) is 1. The standard InChI is InChI=1S/C13H16N2/c1-10-7-5-6-8-13(10)11(2)12(3)15-9-14-4/h5-9H,2-3H2,1,4H3,(H,14,15). The van der Waals surface area contributed by atoms with E-state index in [-0.39, 0.29) is 0 Å². The summed E-state index contributed by atoms with van der Waals surface area (Å²) in [6, 6.07) is 8.07. The van der Waals surface area contributed by atoms with Crippen LogP contribution in [-0.2, 0) is 0 Å². The highest BCUT2D eigenvalue weighted by Crippen LogP contribution is 2.23. The zero-order chi connectivity index (χ0) is 11.3. The van der Waals surface area contributed by atoms with Crippen molar-refractivity contribution in [2.45, 2.75) is 6.92 Å². The number of hydrogen-bond acceptors (Lipinski definition) is 1. The Hall–Kier alpha value is -1.83. The lowest BCUT2D eigenvalue weighted by molar-refractivity contribution is 1.20. The summed E-state index contributed by atoms with van der Waals surface area (Å²) in [5.41, 5.74) is 3.82. The van der Waals surface area contributed by atoms with Gasteiger partial charge in [0.05, 0.1) is 12.0 Å². The lowest BCUT2D eigenvalue weighted by atomic mass is 10.0. The second kappa shape index (κ2) is 5.15. The number of aliphatic imine (C=N–C) groups is 1. The van der Waals surface area contributed by atoms with Crippen LogP contribution in [0, 0.1) is 6.92 Å². The molecule has 0 amide bonds. The van der Waals surface area contributed by atoms with E-state index >= 15 is 0 Å². The summed E-state index contributed by atoms with van der Waals surface area (Å²) >= 11 is 0. The highest BCUT2D eigenvalue weighted by atomic mass is 14.9. The van der Waals surface area contributed by atoms with Gasteiger partial charge >= 0.3 is 0 Å². The number of nitrogens with one attached hydrogen (secondary N) is 1. The van der Waals surface area contributed by atoms with Crippen molar-refractivity contribution in [3.8, 4) is 0 Å². The molecular formula is C13H16N2. The van der Waals surface area contributed by atoms with Gasteiger partial charge in [-0.2, -0.15) is 0 Å². The van der Waals surface area contributed by atoms with Gasteiger partial charge < -0.3 is 5.32 Å². The van der Waals surface area contributed by atoms with Gasteiger partial charge in [-0.15, -0.1) is 0 Å². The summed E-state index contributed by atoms with van der Waals surface area (Å²) in [6.45, 7) is 9.92. The van der Waals surface area contributed by atoms with Crippen molar-refractivity contribution in [2.24, 2.45) is 4.99 Å². The van der Waals surface area contributed by atoms with Crippen LogP contribution in [0.25, 0.3) is 5.57 Å². The molecule has 0 aliphatic rings. The van der Waals surface area contributed by atoms with E-state index < -0.39 is 0 Å². The molecule has 0 bridgehead atoms. The molecule has 0 fully saturated rings. The smallest absolute Gasteiger partial charge is 0.0883 e. The monoisotopic (exact) mass is 200 g/mol. The Labute approximate surface area is 91.1 Å². The average molecular weight is 200 g/mol. The molecule has 0 saturated heterocycles. The van der Waals surface area contributed by atoms with Crippen LogP contribution in [-0.4, -0.2) is 13.4 Å². The van der Waals surface area contributed by atoms with Crippen molar-refractivity contribution in [2.75, 3.05) is 7.05 Å². The van der Waals surface area contributed by atoms with E-state index in [2.05, 4.69) is 36.5 Å². The third-order valence-corrected chi connectivity index (χ3v) is 2.17. The molecule has 2 heteroatoms. The van der Waals surface area contributed by atoms with Crippen molar-refractivity contribution in [1.29, 1.82) is 0 Å². The van der Waals surface area contributed by atoms with Gasteiger partial charge in [0.25, 0.3) is 0 Å². The van der Waals surface area contributed by atoms with E-state index in [0.717, 1.165) is 11.1 Å². The maximum atomic E-state index is 4.13. The third-order valence-electron chi connectivity index (χ3n) is 2.17. The Bertz CT molecular complexity index is 403. The van der Waals surface area contributed by atoms with Crippen LogP contribution in [0.1, 0.15) is 11.1 Å². The summed E-state index contributed by atoms with van der Waals surface area (Å²) in [4.78, 5) is 4.13. The van der Waals surface area contributed by atoms with E-state index in [1.54, 1.807) is 13.4 Å². The van der Waals surface area contributed by atoms with Crippen molar-refractivity contribution in [3.63, 3.8) is 0 Å². The number of aryl methyl sites for hydroxylation is 1. The molecule has 1 aromatic rings. The average Bonchev–Trinajstić information content (AvgIpc) is 2.25. The van der Waals surface area contributed by atoms with E-state index in [1.165, 1.54) is 5.56 Å². The summed E-state index contributed by atoms with van der Waals surface area (Å²) in [6.07, 6.45) is 1.60. The van der Waals surface area contributed by atoms with Crippen molar-refractivity contribution >= 4 is 11.9 Å². The van der Waals surface area contributed by atoms with Crippen LogP contribution < -0.4 is 5.32 Å². The minimum atomic E-state index is 0.679. The third kappa shape index (κ3) is 2.81. The molecular weight excluding hydrogens is 184 g/mol. The first-order chi connectivity index (χ1) is 7.16. The Morgan fingerprint density at radius 2 is 2.00 bits per heavy atom. The molecule has 0 atom stereocenters. The highest BCUT2D eigenvalue weighted by molar-refractivity contribution is 5.79. The largest absolute Gasteiger partial charge is 0.379 e. The van der Waals surface area contributed by atoms with Crippen LogP contribution >= 0.6 is 0 Å². The first-order valence-corrected chi connectivity index (χ1v) is 4.80. The molecule has 0 radical (unpaired) electrons. The summed E-state index contributed by atoms with van der Waals surface area (Å²) < 4.78 is 0. The second-order valence-corrected chi connectivity index (χ2v) is 3.29. The zero-order valence-electron chi connectivity index (χ0n) is 9.25. The van der Waals surface area contributed by atoms with Gasteiger partial charge in [-0.3, -0.25) is 0 Å². The Morgan fingerprint density at radius 3 is 2.60 bits per heavy atom. The molecule has 2 nitrogen and oxygen atoms in total.